The minimum absolute atomic E-state index is 0.147. The van der Waals surface area contributed by atoms with E-state index >= 15 is 0 Å². The molecule has 0 atom stereocenters. The fourth-order valence-corrected chi connectivity index (χ4v) is 2.81. The van der Waals surface area contributed by atoms with Crippen LogP contribution in [0.5, 0.6) is 0 Å². The highest BCUT2D eigenvalue weighted by atomic mass is 19.4. The van der Waals surface area contributed by atoms with Crippen molar-refractivity contribution in [3.05, 3.63) is 83.2 Å². The second-order valence-corrected chi connectivity index (χ2v) is 6.16. The van der Waals surface area contributed by atoms with Crippen LogP contribution in [0.25, 0.3) is 5.69 Å². The summed E-state index contributed by atoms with van der Waals surface area (Å²) in [7, 11) is 0. The quantitative estimate of drug-likeness (QED) is 0.641. The van der Waals surface area contributed by atoms with Crippen molar-refractivity contribution in [2.75, 3.05) is 5.43 Å². The molecule has 1 heterocycles. The van der Waals surface area contributed by atoms with E-state index in [0.717, 1.165) is 29.2 Å². The number of hydrazine groups is 1. The van der Waals surface area contributed by atoms with Crippen LogP contribution in [0.2, 0.25) is 0 Å². The summed E-state index contributed by atoms with van der Waals surface area (Å²) in [6.07, 6.45) is -4.44. The number of amides is 1. The van der Waals surface area contributed by atoms with Gasteiger partial charge in [0.25, 0.3) is 5.91 Å². The molecule has 0 aliphatic carbocycles. The summed E-state index contributed by atoms with van der Waals surface area (Å²) < 4.78 is 40.2. The Balaban J connectivity index is 1.69. The van der Waals surface area contributed by atoms with Gasteiger partial charge in [-0.05, 0) is 68.4 Å². The van der Waals surface area contributed by atoms with Gasteiger partial charge < -0.3 is 4.57 Å². The third kappa shape index (κ3) is 4.13. The summed E-state index contributed by atoms with van der Waals surface area (Å²) in [5, 5.41) is 0. The molecule has 0 saturated heterocycles. The Hall–Kier alpha value is -3.22. The lowest BCUT2D eigenvalue weighted by Gasteiger charge is -2.12. The van der Waals surface area contributed by atoms with Crippen LogP contribution < -0.4 is 10.9 Å². The van der Waals surface area contributed by atoms with E-state index in [9.17, 15) is 18.0 Å². The molecule has 0 fully saturated rings. The van der Waals surface area contributed by atoms with E-state index in [1.807, 2.05) is 38.1 Å². The molecular formula is C20H18F3N3O. The Labute approximate surface area is 154 Å². The number of alkyl halides is 3. The zero-order valence-corrected chi connectivity index (χ0v) is 14.8. The largest absolute Gasteiger partial charge is 0.416 e. The van der Waals surface area contributed by atoms with E-state index in [2.05, 4.69) is 15.4 Å². The molecule has 3 rings (SSSR count). The Kier molecular flexibility index (Phi) is 4.94. The second-order valence-electron chi connectivity index (χ2n) is 6.16. The van der Waals surface area contributed by atoms with Crippen molar-refractivity contribution in [1.82, 2.24) is 9.99 Å². The molecule has 1 amide bonds. The number of aryl methyl sites for hydroxylation is 2. The van der Waals surface area contributed by atoms with Crippen molar-refractivity contribution >= 4 is 11.6 Å². The van der Waals surface area contributed by atoms with E-state index in [1.165, 1.54) is 12.1 Å². The molecule has 3 aromatic rings. The van der Waals surface area contributed by atoms with Gasteiger partial charge in [-0.15, -0.1) is 0 Å². The van der Waals surface area contributed by atoms with Gasteiger partial charge in [-0.2, -0.15) is 13.2 Å². The standard InChI is InChI=1S/C20H18F3N3O/c1-13-6-7-14(2)26(13)18-10-8-15(9-11-18)19(27)25-24-17-5-3-4-16(12-17)20(21,22)23/h3-12,24H,1-2H3,(H,25,27). The molecule has 0 saturated carbocycles. The van der Waals surface area contributed by atoms with Crippen molar-refractivity contribution in [2.45, 2.75) is 20.0 Å². The summed E-state index contributed by atoms with van der Waals surface area (Å²) in [5.74, 6) is -0.445. The zero-order chi connectivity index (χ0) is 19.6. The molecule has 0 aliphatic rings. The Bertz CT molecular complexity index is 940. The fraction of sp³-hybridized carbons (Fsp3) is 0.150. The molecule has 1 aromatic heterocycles. The molecule has 0 bridgehead atoms. The van der Waals surface area contributed by atoms with Gasteiger partial charge in [-0.25, -0.2) is 0 Å². The van der Waals surface area contributed by atoms with Crippen LogP contribution in [0, 0.1) is 13.8 Å². The maximum absolute atomic E-state index is 12.7. The third-order valence-electron chi connectivity index (χ3n) is 4.17. The normalized spacial score (nSPS) is 11.3. The summed E-state index contributed by atoms with van der Waals surface area (Å²) >= 11 is 0. The Morgan fingerprint density at radius 3 is 2.15 bits per heavy atom. The number of hydrogen-bond acceptors (Lipinski definition) is 2. The van der Waals surface area contributed by atoms with Crippen LogP contribution in [-0.2, 0) is 6.18 Å². The van der Waals surface area contributed by atoms with Crippen LogP contribution in [0.3, 0.4) is 0 Å². The van der Waals surface area contributed by atoms with Crippen molar-refractivity contribution in [3.63, 3.8) is 0 Å². The van der Waals surface area contributed by atoms with Crippen molar-refractivity contribution in [2.24, 2.45) is 0 Å². The Morgan fingerprint density at radius 2 is 1.56 bits per heavy atom. The second kappa shape index (κ2) is 7.19. The number of rotatable bonds is 4. The molecule has 4 nitrogen and oxygen atoms in total. The molecule has 2 N–H and O–H groups in total. The highest BCUT2D eigenvalue weighted by molar-refractivity contribution is 5.95. The lowest BCUT2D eigenvalue weighted by atomic mass is 10.2. The van der Waals surface area contributed by atoms with Crippen LogP contribution in [0.1, 0.15) is 27.3 Å². The number of hydrogen-bond donors (Lipinski definition) is 2. The van der Waals surface area contributed by atoms with Gasteiger partial charge in [0, 0.05) is 22.6 Å². The van der Waals surface area contributed by atoms with Crippen LogP contribution in [0.15, 0.2) is 60.7 Å². The smallest absolute Gasteiger partial charge is 0.319 e. The molecule has 0 radical (unpaired) electrons. The number of halogens is 3. The summed E-state index contributed by atoms with van der Waals surface area (Å²) in [5.41, 5.74) is 7.75. The molecule has 140 valence electrons. The van der Waals surface area contributed by atoms with Gasteiger partial charge in [0.05, 0.1) is 11.3 Å². The first-order valence-electron chi connectivity index (χ1n) is 8.25. The van der Waals surface area contributed by atoms with Gasteiger partial charge in [-0.1, -0.05) is 6.07 Å². The fourth-order valence-electron chi connectivity index (χ4n) is 2.81. The average molecular weight is 373 g/mol. The van der Waals surface area contributed by atoms with Crippen molar-refractivity contribution < 1.29 is 18.0 Å². The number of benzene rings is 2. The van der Waals surface area contributed by atoms with Gasteiger partial charge >= 0.3 is 6.18 Å². The summed E-state index contributed by atoms with van der Waals surface area (Å²) in [6, 6.07) is 15.6. The first kappa shape index (κ1) is 18.6. The molecule has 0 aliphatic heterocycles. The molecule has 7 heteroatoms. The van der Waals surface area contributed by atoms with Gasteiger partial charge in [0.1, 0.15) is 0 Å². The topological polar surface area (TPSA) is 46.1 Å². The van der Waals surface area contributed by atoms with E-state index in [-0.39, 0.29) is 5.69 Å². The van der Waals surface area contributed by atoms with Crippen LogP contribution in [0.4, 0.5) is 18.9 Å². The number of anilines is 1. The molecule has 2 aromatic carbocycles. The number of nitrogens with zero attached hydrogens (tertiary/aromatic N) is 1. The van der Waals surface area contributed by atoms with E-state index < -0.39 is 17.6 Å². The van der Waals surface area contributed by atoms with Gasteiger partial charge in [0.15, 0.2) is 0 Å². The third-order valence-corrected chi connectivity index (χ3v) is 4.17. The predicted molar refractivity (Wildman–Crippen MR) is 97.8 cm³/mol. The lowest BCUT2D eigenvalue weighted by molar-refractivity contribution is -0.137. The van der Waals surface area contributed by atoms with E-state index in [4.69, 9.17) is 0 Å². The molecular weight excluding hydrogens is 355 g/mol. The van der Waals surface area contributed by atoms with Crippen molar-refractivity contribution in [3.8, 4) is 5.69 Å². The molecule has 27 heavy (non-hydrogen) atoms. The lowest BCUT2D eigenvalue weighted by Crippen LogP contribution is -2.29. The SMILES string of the molecule is Cc1ccc(C)n1-c1ccc(C(=O)NNc2cccc(C(F)(F)F)c2)cc1. The van der Waals surface area contributed by atoms with Crippen LogP contribution in [-0.4, -0.2) is 10.5 Å². The molecule has 0 spiro atoms. The minimum Gasteiger partial charge on any atom is -0.319 e. The first-order chi connectivity index (χ1) is 12.8. The number of aromatic nitrogens is 1. The maximum atomic E-state index is 12.7. The number of nitrogens with one attached hydrogen (secondary N) is 2. The number of carbonyl (C=O) groups excluding carboxylic acids is 1. The van der Waals surface area contributed by atoms with Gasteiger partial charge in [-0.3, -0.25) is 15.6 Å². The average Bonchev–Trinajstić information content (AvgIpc) is 2.98. The Morgan fingerprint density at radius 1 is 0.926 bits per heavy atom. The highest BCUT2D eigenvalue weighted by Gasteiger charge is 2.30. The summed E-state index contributed by atoms with van der Waals surface area (Å²) in [4.78, 5) is 12.2. The highest BCUT2D eigenvalue weighted by Crippen LogP contribution is 2.30. The minimum atomic E-state index is -4.44. The first-order valence-corrected chi connectivity index (χ1v) is 8.25. The van der Waals surface area contributed by atoms with Crippen molar-refractivity contribution in [1.29, 1.82) is 0 Å². The number of carbonyl (C=O) groups is 1. The predicted octanol–water partition coefficient (Wildman–Crippen LogP) is 4.87. The summed E-state index contributed by atoms with van der Waals surface area (Å²) in [6.45, 7) is 3.99. The van der Waals surface area contributed by atoms with E-state index in [1.54, 1.807) is 12.1 Å². The van der Waals surface area contributed by atoms with Crippen LogP contribution >= 0.6 is 0 Å². The monoisotopic (exact) mass is 373 g/mol. The molecule has 0 unspecified atom stereocenters. The van der Waals surface area contributed by atoms with Gasteiger partial charge in [0.2, 0.25) is 0 Å². The maximum Gasteiger partial charge on any atom is 0.416 e. The van der Waals surface area contributed by atoms with E-state index in [0.29, 0.717) is 5.56 Å². The zero-order valence-electron chi connectivity index (χ0n) is 14.8.